The second-order valence-electron chi connectivity index (χ2n) is 4.24. The highest BCUT2D eigenvalue weighted by molar-refractivity contribution is 4.95. The molecule has 1 saturated carbocycles. The molecule has 1 nitrogen and oxygen atoms in total. The van der Waals surface area contributed by atoms with Gasteiger partial charge in [-0.15, -0.1) is 11.8 Å². The minimum atomic E-state index is 0.937. The van der Waals surface area contributed by atoms with Crippen LogP contribution < -0.4 is 5.32 Å². The molecule has 0 radical (unpaired) electrons. The molecule has 0 heterocycles. The average molecular weight is 193 g/mol. The van der Waals surface area contributed by atoms with E-state index in [4.69, 9.17) is 0 Å². The number of hydrogen-bond donors (Lipinski definition) is 1. The van der Waals surface area contributed by atoms with Crippen LogP contribution in [-0.2, 0) is 0 Å². The van der Waals surface area contributed by atoms with Crippen molar-refractivity contribution in [2.24, 2.45) is 5.92 Å². The Kier molecular flexibility index (Phi) is 6.53. The van der Waals surface area contributed by atoms with Gasteiger partial charge in [0.2, 0.25) is 0 Å². The Hall–Kier alpha value is -0.480. The number of nitrogens with one attached hydrogen (secondary N) is 1. The largest absolute Gasteiger partial charge is 0.316 e. The normalized spacial score (nSPS) is 18.4. The van der Waals surface area contributed by atoms with Crippen LogP contribution in [0.25, 0.3) is 0 Å². The van der Waals surface area contributed by atoms with E-state index >= 15 is 0 Å². The van der Waals surface area contributed by atoms with Gasteiger partial charge in [-0.25, -0.2) is 0 Å². The van der Waals surface area contributed by atoms with Crippen LogP contribution >= 0.6 is 0 Å². The van der Waals surface area contributed by atoms with Crippen LogP contribution in [0.5, 0.6) is 0 Å². The van der Waals surface area contributed by atoms with E-state index in [1.165, 1.54) is 45.1 Å². The molecule has 0 bridgehead atoms. The third kappa shape index (κ3) is 5.29. The summed E-state index contributed by atoms with van der Waals surface area (Å²) in [7, 11) is 0. The van der Waals surface area contributed by atoms with Crippen molar-refractivity contribution in [3.8, 4) is 11.8 Å². The van der Waals surface area contributed by atoms with Gasteiger partial charge in [0.15, 0.2) is 0 Å². The van der Waals surface area contributed by atoms with Crippen molar-refractivity contribution in [1.29, 1.82) is 0 Å². The first-order valence-electron chi connectivity index (χ1n) is 6.04. The summed E-state index contributed by atoms with van der Waals surface area (Å²) in [5, 5.41) is 3.52. The van der Waals surface area contributed by atoms with Gasteiger partial charge in [-0.3, -0.25) is 0 Å². The zero-order valence-corrected chi connectivity index (χ0v) is 9.44. The van der Waals surface area contributed by atoms with E-state index in [0.717, 1.165) is 18.9 Å². The Morgan fingerprint density at radius 3 is 2.50 bits per heavy atom. The topological polar surface area (TPSA) is 12.0 Å². The van der Waals surface area contributed by atoms with Crippen molar-refractivity contribution >= 4 is 0 Å². The molecule has 0 atom stereocenters. The molecule has 1 fully saturated rings. The van der Waals surface area contributed by atoms with Gasteiger partial charge >= 0.3 is 0 Å². The van der Waals surface area contributed by atoms with Gasteiger partial charge in [0, 0.05) is 13.0 Å². The first-order valence-corrected chi connectivity index (χ1v) is 6.04. The summed E-state index contributed by atoms with van der Waals surface area (Å²) in [4.78, 5) is 0. The summed E-state index contributed by atoms with van der Waals surface area (Å²) in [5.41, 5.74) is 0. The van der Waals surface area contributed by atoms with E-state index in [2.05, 4.69) is 17.2 Å². The van der Waals surface area contributed by atoms with Crippen LogP contribution in [0.3, 0.4) is 0 Å². The molecular formula is C13H23N. The van der Waals surface area contributed by atoms with Gasteiger partial charge in [0.1, 0.15) is 0 Å². The van der Waals surface area contributed by atoms with Crippen molar-refractivity contribution in [3.63, 3.8) is 0 Å². The van der Waals surface area contributed by atoms with Crippen molar-refractivity contribution in [2.75, 3.05) is 13.1 Å². The minimum Gasteiger partial charge on any atom is -0.316 e. The third-order valence-electron chi connectivity index (χ3n) is 3.01. The van der Waals surface area contributed by atoms with Crippen molar-refractivity contribution < 1.29 is 0 Å². The molecule has 0 aromatic heterocycles. The van der Waals surface area contributed by atoms with Crippen LogP contribution in [0.15, 0.2) is 0 Å². The van der Waals surface area contributed by atoms with Crippen LogP contribution in [0, 0.1) is 17.8 Å². The molecule has 0 unspecified atom stereocenters. The van der Waals surface area contributed by atoms with Crippen molar-refractivity contribution in [3.05, 3.63) is 0 Å². The van der Waals surface area contributed by atoms with E-state index in [-0.39, 0.29) is 0 Å². The molecule has 0 spiro atoms. The fourth-order valence-electron chi connectivity index (χ4n) is 2.15. The Morgan fingerprint density at radius 2 is 1.86 bits per heavy atom. The van der Waals surface area contributed by atoms with Crippen molar-refractivity contribution in [1.82, 2.24) is 5.32 Å². The minimum absolute atomic E-state index is 0.937. The van der Waals surface area contributed by atoms with Crippen LogP contribution in [0.2, 0.25) is 0 Å². The molecule has 14 heavy (non-hydrogen) atoms. The summed E-state index contributed by atoms with van der Waals surface area (Å²) in [6, 6.07) is 0. The molecular weight excluding hydrogens is 170 g/mol. The summed E-state index contributed by atoms with van der Waals surface area (Å²) >= 11 is 0. The maximum Gasteiger partial charge on any atom is 0.0214 e. The fraction of sp³-hybridized carbons (Fsp3) is 0.846. The highest BCUT2D eigenvalue weighted by atomic mass is 14.8. The monoisotopic (exact) mass is 193 g/mol. The van der Waals surface area contributed by atoms with E-state index in [9.17, 15) is 0 Å². The highest BCUT2D eigenvalue weighted by Crippen LogP contribution is 2.21. The van der Waals surface area contributed by atoms with Crippen LogP contribution in [0.4, 0.5) is 0 Å². The maximum absolute atomic E-state index is 3.52. The fourth-order valence-corrected chi connectivity index (χ4v) is 2.15. The molecule has 80 valence electrons. The molecule has 1 aliphatic carbocycles. The van der Waals surface area contributed by atoms with E-state index < -0.39 is 0 Å². The maximum atomic E-state index is 3.52. The molecule has 0 aliphatic heterocycles. The molecule has 0 saturated heterocycles. The smallest absolute Gasteiger partial charge is 0.0214 e. The second kappa shape index (κ2) is 7.88. The standard InChI is InChI=1S/C13H23N/c1-2-3-8-11-14-12-13-9-6-4-5-7-10-13/h13-14H,4-12H2,1H3. The van der Waals surface area contributed by atoms with Gasteiger partial charge in [-0.1, -0.05) is 25.7 Å². The SMILES string of the molecule is CC#CCCNCC1CCCCCC1. The number of rotatable bonds is 4. The third-order valence-corrected chi connectivity index (χ3v) is 3.01. The average Bonchev–Trinajstić information content (AvgIpc) is 2.46. The lowest BCUT2D eigenvalue weighted by Gasteiger charge is -2.13. The summed E-state index contributed by atoms with van der Waals surface area (Å²) in [6.45, 7) is 4.19. The Morgan fingerprint density at radius 1 is 1.14 bits per heavy atom. The van der Waals surface area contributed by atoms with Gasteiger partial charge in [0.25, 0.3) is 0 Å². The van der Waals surface area contributed by atoms with Gasteiger partial charge in [0.05, 0.1) is 0 Å². The lowest BCUT2D eigenvalue weighted by atomic mass is 10.0. The summed E-state index contributed by atoms with van der Waals surface area (Å²) < 4.78 is 0. The Balaban J connectivity index is 2.00. The van der Waals surface area contributed by atoms with Gasteiger partial charge < -0.3 is 5.32 Å². The van der Waals surface area contributed by atoms with Crippen LogP contribution in [0.1, 0.15) is 51.9 Å². The highest BCUT2D eigenvalue weighted by Gasteiger charge is 2.10. The van der Waals surface area contributed by atoms with E-state index in [1.807, 2.05) is 6.92 Å². The predicted molar refractivity (Wildman–Crippen MR) is 62.1 cm³/mol. The second-order valence-corrected chi connectivity index (χ2v) is 4.24. The Labute approximate surface area is 88.7 Å². The zero-order valence-electron chi connectivity index (χ0n) is 9.44. The molecule has 1 N–H and O–H groups in total. The molecule has 1 rings (SSSR count). The van der Waals surface area contributed by atoms with Crippen molar-refractivity contribution in [2.45, 2.75) is 51.9 Å². The lowest BCUT2D eigenvalue weighted by molar-refractivity contribution is 0.428. The summed E-state index contributed by atoms with van der Waals surface area (Å²) in [5.74, 6) is 6.95. The first-order chi connectivity index (χ1) is 6.93. The molecule has 0 aromatic rings. The Bertz CT molecular complexity index is 179. The molecule has 1 aliphatic rings. The van der Waals surface area contributed by atoms with Gasteiger partial charge in [-0.2, -0.15) is 0 Å². The zero-order chi connectivity index (χ0) is 10.1. The van der Waals surface area contributed by atoms with E-state index in [1.54, 1.807) is 0 Å². The van der Waals surface area contributed by atoms with Gasteiger partial charge in [-0.05, 0) is 32.2 Å². The number of hydrogen-bond acceptors (Lipinski definition) is 1. The lowest BCUT2D eigenvalue weighted by Crippen LogP contribution is -2.23. The molecule has 0 aromatic carbocycles. The summed E-state index contributed by atoms with van der Waals surface area (Å²) in [6.07, 6.45) is 9.68. The van der Waals surface area contributed by atoms with E-state index in [0.29, 0.717) is 0 Å². The predicted octanol–water partition coefficient (Wildman–Crippen LogP) is 2.96. The first kappa shape index (κ1) is 11.6. The molecule has 1 heteroatoms. The van der Waals surface area contributed by atoms with Crippen LogP contribution in [-0.4, -0.2) is 13.1 Å². The quantitative estimate of drug-likeness (QED) is 0.411. The molecule has 0 amide bonds.